The minimum Gasteiger partial charge on any atom is -0.291 e. The van der Waals surface area contributed by atoms with Crippen LogP contribution in [0.25, 0.3) is 0 Å². The third kappa shape index (κ3) is 3.24. The number of hydrogen-bond acceptors (Lipinski definition) is 5. The Labute approximate surface area is 102 Å². The van der Waals surface area contributed by atoms with Crippen molar-refractivity contribution in [2.75, 3.05) is 6.26 Å². The molecule has 0 bridgehead atoms. The Morgan fingerprint density at radius 3 is 2.53 bits per heavy atom. The molecule has 0 unspecified atom stereocenters. The van der Waals surface area contributed by atoms with Gasteiger partial charge in [0.25, 0.3) is 5.69 Å². The van der Waals surface area contributed by atoms with Gasteiger partial charge in [0.1, 0.15) is 0 Å². The van der Waals surface area contributed by atoms with Crippen LogP contribution in [0.4, 0.5) is 5.69 Å². The fraction of sp³-hybridized carbons (Fsp3) is 0.222. The van der Waals surface area contributed by atoms with Crippen molar-refractivity contribution < 1.29 is 18.1 Å². The number of halogens is 1. The summed E-state index contributed by atoms with van der Waals surface area (Å²) in [7, 11) is -3.74. The number of ketones is 1. The highest BCUT2D eigenvalue weighted by molar-refractivity contribution is 7.93. The Morgan fingerprint density at radius 2 is 2.06 bits per heavy atom. The van der Waals surface area contributed by atoms with E-state index < -0.39 is 25.3 Å². The van der Waals surface area contributed by atoms with E-state index in [9.17, 15) is 23.3 Å². The normalized spacial score (nSPS) is 13.1. The number of sulfone groups is 1. The molecule has 0 aromatic heterocycles. The van der Waals surface area contributed by atoms with Crippen molar-refractivity contribution >= 4 is 32.9 Å². The van der Waals surface area contributed by atoms with Gasteiger partial charge in [-0.3, -0.25) is 14.9 Å². The number of non-ortho nitro benzene ring substituents is 1. The molecule has 0 amide bonds. The monoisotopic (exact) mass is 277 g/mol. The van der Waals surface area contributed by atoms with Crippen molar-refractivity contribution in [2.24, 2.45) is 0 Å². The van der Waals surface area contributed by atoms with E-state index in [4.69, 9.17) is 11.6 Å². The standard InChI is InChI=1S/C9H8ClNO5S/c1-17(15,16)9(10)8(12)6-3-2-4-7(5-6)11(13)14/h2-5,9H,1H3/t9-/m0/s1. The zero-order chi connectivity index (χ0) is 13.2. The zero-order valence-electron chi connectivity index (χ0n) is 8.66. The lowest BCUT2D eigenvalue weighted by molar-refractivity contribution is -0.384. The van der Waals surface area contributed by atoms with Crippen molar-refractivity contribution in [1.29, 1.82) is 0 Å². The average molecular weight is 278 g/mol. The number of carbonyl (C=O) groups excluding carboxylic acids is 1. The Morgan fingerprint density at radius 1 is 1.47 bits per heavy atom. The predicted octanol–water partition coefficient (Wildman–Crippen LogP) is 1.39. The van der Waals surface area contributed by atoms with E-state index >= 15 is 0 Å². The maximum atomic E-state index is 11.6. The van der Waals surface area contributed by atoms with Crippen LogP contribution in [0, 0.1) is 10.1 Å². The number of rotatable bonds is 4. The molecule has 0 spiro atoms. The number of nitro groups is 1. The molecule has 6 nitrogen and oxygen atoms in total. The second-order valence-electron chi connectivity index (χ2n) is 3.32. The SMILES string of the molecule is CS(=O)(=O)[C@H](Cl)C(=O)c1cccc([N+](=O)[O-])c1. The van der Waals surface area contributed by atoms with Crippen molar-refractivity contribution in [2.45, 2.75) is 4.71 Å². The minimum atomic E-state index is -3.74. The third-order valence-electron chi connectivity index (χ3n) is 1.92. The minimum absolute atomic E-state index is 0.107. The maximum absolute atomic E-state index is 11.6. The highest BCUT2D eigenvalue weighted by Crippen LogP contribution is 2.18. The molecule has 0 saturated heterocycles. The summed E-state index contributed by atoms with van der Waals surface area (Å²) in [5, 5.41) is 10.5. The van der Waals surface area contributed by atoms with Gasteiger partial charge < -0.3 is 0 Å². The summed E-state index contributed by atoms with van der Waals surface area (Å²) in [4.78, 5) is 21.4. The van der Waals surface area contributed by atoms with Crippen LogP contribution >= 0.6 is 11.6 Å². The molecule has 0 fully saturated rings. The first-order valence-electron chi connectivity index (χ1n) is 4.35. The number of Topliss-reactive ketones (excluding diaryl/α,β-unsaturated/α-hetero) is 1. The molecule has 8 heteroatoms. The summed E-state index contributed by atoms with van der Waals surface area (Å²) in [6, 6.07) is 4.75. The van der Waals surface area contributed by atoms with Gasteiger partial charge in [-0.05, 0) is 0 Å². The van der Waals surface area contributed by atoms with Gasteiger partial charge in [0, 0.05) is 24.0 Å². The Hall–Kier alpha value is -1.47. The number of hydrogen-bond donors (Lipinski definition) is 0. The van der Waals surface area contributed by atoms with Crippen molar-refractivity contribution in [3.05, 3.63) is 39.9 Å². The Kier molecular flexibility index (Phi) is 3.84. The van der Waals surface area contributed by atoms with Crippen LogP contribution in [0.1, 0.15) is 10.4 Å². The number of nitrogens with zero attached hydrogens (tertiary/aromatic N) is 1. The lowest BCUT2D eigenvalue weighted by Gasteiger charge is -2.05. The van der Waals surface area contributed by atoms with Gasteiger partial charge in [-0.25, -0.2) is 8.42 Å². The van der Waals surface area contributed by atoms with E-state index in [0.29, 0.717) is 0 Å². The quantitative estimate of drug-likeness (QED) is 0.359. The molecule has 1 atom stereocenters. The Bertz CT molecular complexity index is 569. The molecule has 92 valence electrons. The Balaban J connectivity index is 3.14. The highest BCUT2D eigenvalue weighted by atomic mass is 35.5. The molecule has 1 rings (SSSR count). The van der Waals surface area contributed by atoms with Crippen LogP contribution in [0.15, 0.2) is 24.3 Å². The van der Waals surface area contributed by atoms with E-state index in [1.165, 1.54) is 18.2 Å². The zero-order valence-corrected chi connectivity index (χ0v) is 10.2. The molecular weight excluding hydrogens is 270 g/mol. The van der Waals surface area contributed by atoms with Gasteiger partial charge in [0.15, 0.2) is 20.3 Å². The molecular formula is C9H8ClNO5S. The number of alkyl halides is 1. The molecule has 0 radical (unpaired) electrons. The van der Waals surface area contributed by atoms with Gasteiger partial charge in [-0.2, -0.15) is 0 Å². The van der Waals surface area contributed by atoms with Gasteiger partial charge in [-0.15, -0.1) is 0 Å². The topological polar surface area (TPSA) is 94.3 Å². The van der Waals surface area contributed by atoms with Gasteiger partial charge >= 0.3 is 0 Å². The lowest BCUT2D eigenvalue weighted by Crippen LogP contribution is -2.23. The molecule has 1 aromatic rings. The van der Waals surface area contributed by atoms with E-state index in [1.807, 2.05) is 0 Å². The van der Waals surface area contributed by atoms with E-state index in [0.717, 1.165) is 12.3 Å². The first-order valence-corrected chi connectivity index (χ1v) is 6.74. The van der Waals surface area contributed by atoms with Gasteiger partial charge in [0.05, 0.1) is 4.92 Å². The smallest absolute Gasteiger partial charge is 0.270 e. The molecule has 17 heavy (non-hydrogen) atoms. The highest BCUT2D eigenvalue weighted by Gasteiger charge is 2.27. The van der Waals surface area contributed by atoms with Crippen LogP contribution in [0.3, 0.4) is 0 Å². The van der Waals surface area contributed by atoms with Crippen molar-refractivity contribution in [3.63, 3.8) is 0 Å². The fourth-order valence-electron chi connectivity index (χ4n) is 1.10. The van der Waals surface area contributed by atoms with Crippen LogP contribution in [0.2, 0.25) is 0 Å². The summed E-state index contributed by atoms with van der Waals surface area (Å²) in [6.07, 6.45) is 0.819. The molecule has 0 aliphatic carbocycles. The summed E-state index contributed by atoms with van der Waals surface area (Å²) < 4.78 is 20.4. The van der Waals surface area contributed by atoms with Crippen LogP contribution < -0.4 is 0 Å². The van der Waals surface area contributed by atoms with Gasteiger partial charge in [-0.1, -0.05) is 23.7 Å². The van der Waals surface area contributed by atoms with Crippen LogP contribution in [-0.2, 0) is 9.84 Å². The second kappa shape index (κ2) is 4.80. The molecule has 0 saturated carbocycles. The average Bonchev–Trinajstić information content (AvgIpc) is 2.26. The van der Waals surface area contributed by atoms with E-state index in [1.54, 1.807) is 0 Å². The van der Waals surface area contributed by atoms with E-state index in [-0.39, 0.29) is 11.3 Å². The number of benzene rings is 1. The molecule has 0 aliphatic rings. The third-order valence-corrected chi connectivity index (χ3v) is 4.06. The lowest BCUT2D eigenvalue weighted by atomic mass is 10.1. The maximum Gasteiger partial charge on any atom is 0.270 e. The largest absolute Gasteiger partial charge is 0.291 e. The molecule has 0 aliphatic heterocycles. The van der Waals surface area contributed by atoms with Crippen molar-refractivity contribution in [1.82, 2.24) is 0 Å². The number of carbonyl (C=O) groups is 1. The van der Waals surface area contributed by atoms with Crippen molar-refractivity contribution in [3.8, 4) is 0 Å². The molecule has 0 N–H and O–H groups in total. The fourth-order valence-corrected chi connectivity index (χ4v) is 1.75. The van der Waals surface area contributed by atoms with Crippen LogP contribution in [0.5, 0.6) is 0 Å². The number of nitro benzene ring substituents is 1. The first kappa shape index (κ1) is 13.6. The summed E-state index contributed by atoms with van der Waals surface area (Å²) in [5.41, 5.74) is -0.405. The van der Waals surface area contributed by atoms with Gasteiger partial charge in [0.2, 0.25) is 0 Å². The summed E-state index contributed by atoms with van der Waals surface area (Å²) >= 11 is 5.47. The summed E-state index contributed by atoms with van der Waals surface area (Å²) in [5.74, 6) is -0.877. The first-order chi connectivity index (χ1) is 7.73. The summed E-state index contributed by atoms with van der Waals surface area (Å²) in [6.45, 7) is 0. The second-order valence-corrected chi connectivity index (χ2v) is 6.14. The van der Waals surface area contributed by atoms with E-state index in [2.05, 4.69) is 0 Å². The molecule has 0 heterocycles. The predicted molar refractivity (Wildman–Crippen MR) is 61.9 cm³/mol. The van der Waals surface area contributed by atoms with Crippen LogP contribution in [-0.4, -0.2) is 30.1 Å². The molecule has 1 aromatic carbocycles.